The molecule has 3 heteroatoms. The molecule has 0 heterocycles. The SMILES string of the molecule is C=C(C)CN(CC)CC(O)c1ccc(F)cc1C. The van der Waals surface area contributed by atoms with E-state index in [0.29, 0.717) is 6.54 Å². The molecule has 0 aliphatic carbocycles. The summed E-state index contributed by atoms with van der Waals surface area (Å²) < 4.78 is 13.0. The molecule has 0 aliphatic heterocycles. The monoisotopic (exact) mass is 251 g/mol. The molecule has 1 unspecified atom stereocenters. The van der Waals surface area contributed by atoms with Gasteiger partial charge in [-0.25, -0.2) is 4.39 Å². The average molecular weight is 251 g/mol. The molecule has 18 heavy (non-hydrogen) atoms. The van der Waals surface area contributed by atoms with E-state index in [2.05, 4.69) is 11.5 Å². The van der Waals surface area contributed by atoms with Gasteiger partial charge in [-0.3, -0.25) is 4.90 Å². The third-order valence-electron chi connectivity index (χ3n) is 2.96. The fraction of sp³-hybridized carbons (Fsp3) is 0.467. The summed E-state index contributed by atoms with van der Waals surface area (Å²) in [5, 5.41) is 10.2. The molecule has 1 aromatic rings. The molecule has 0 radical (unpaired) electrons. The number of likely N-dealkylation sites (N-methyl/N-ethyl adjacent to an activating group) is 1. The van der Waals surface area contributed by atoms with Crippen LogP contribution in [-0.2, 0) is 0 Å². The highest BCUT2D eigenvalue weighted by Gasteiger charge is 2.14. The van der Waals surface area contributed by atoms with Crippen LogP contribution < -0.4 is 0 Å². The lowest BCUT2D eigenvalue weighted by Crippen LogP contribution is -2.30. The van der Waals surface area contributed by atoms with Crippen LogP contribution in [-0.4, -0.2) is 29.6 Å². The molecule has 1 aromatic carbocycles. The molecule has 0 saturated carbocycles. The van der Waals surface area contributed by atoms with E-state index < -0.39 is 6.10 Å². The van der Waals surface area contributed by atoms with Crippen molar-refractivity contribution in [1.82, 2.24) is 4.90 Å². The topological polar surface area (TPSA) is 23.5 Å². The summed E-state index contributed by atoms with van der Waals surface area (Å²) in [6, 6.07) is 4.50. The van der Waals surface area contributed by atoms with Crippen molar-refractivity contribution in [2.45, 2.75) is 26.9 Å². The molecule has 0 spiro atoms. The Labute approximate surface area is 109 Å². The molecule has 0 aliphatic rings. The molecule has 0 amide bonds. The Morgan fingerprint density at radius 3 is 2.67 bits per heavy atom. The Morgan fingerprint density at radius 1 is 1.50 bits per heavy atom. The first kappa shape index (κ1) is 14.9. The van der Waals surface area contributed by atoms with E-state index in [0.717, 1.165) is 29.8 Å². The molecule has 0 aromatic heterocycles. The highest BCUT2D eigenvalue weighted by Crippen LogP contribution is 2.19. The van der Waals surface area contributed by atoms with E-state index in [-0.39, 0.29) is 5.82 Å². The molecule has 0 fully saturated rings. The van der Waals surface area contributed by atoms with Gasteiger partial charge < -0.3 is 5.11 Å². The van der Waals surface area contributed by atoms with Crippen LogP contribution in [0.5, 0.6) is 0 Å². The minimum Gasteiger partial charge on any atom is -0.387 e. The number of aliphatic hydroxyl groups is 1. The van der Waals surface area contributed by atoms with Crippen LogP contribution in [0.4, 0.5) is 4.39 Å². The molecule has 0 saturated heterocycles. The van der Waals surface area contributed by atoms with Gasteiger partial charge in [0.25, 0.3) is 0 Å². The predicted molar refractivity (Wildman–Crippen MR) is 73.0 cm³/mol. The van der Waals surface area contributed by atoms with Gasteiger partial charge in [-0.1, -0.05) is 25.1 Å². The average Bonchev–Trinajstić information content (AvgIpc) is 2.27. The molecule has 1 atom stereocenters. The van der Waals surface area contributed by atoms with Gasteiger partial charge in [0, 0.05) is 13.1 Å². The van der Waals surface area contributed by atoms with Crippen LogP contribution in [0.25, 0.3) is 0 Å². The summed E-state index contributed by atoms with van der Waals surface area (Å²) in [6.07, 6.45) is -0.593. The lowest BCUT2D eigenvalue weighted by atomic mass is 10.0. The second kappa shape index (κ2) is 6.66. The number of hydrogen-bond acceptors (Lipinski definition) is 2. The third-order valence-corrected chi connectivity index (χ3v) is 2.96. The lowest BCUT2D eigenvalue weighted by Gasteiger charge is -2.24. The van der Waals surface area contributed by atoms with Gasteiger partial charge in [-0.05, 0) is 43.7 Å². The lowest BCUT2D eigenvalue weighted by molar-refractivity contribution is 0.120. The first-order valence-corrected chi connectivity index (χ1v) is 6.25. The van der Waals surface area contributed by atoms with Gasteiger partial charge in [0.1, 0.15) is 5.82 Å². The van der Waals surface area contributed by atoms with Crippen molar-refractivity contribution in [1.29, 1.82) is 0 Å². The normalized spacial score (nSPS) is 12.8. The van der Waals surface area contributed by atoms with Crippen molar-refractivity contribution in [3.8, 4) is 0 Å². The Kier molecular flexibility index (Phi) is 5.51. The smallest absolute Gasteiger partial charge is 0.123 e. The third kappa shape index (κ3) is 4.24. The number of aliphatic hydroxyl groups excluding tert-OH is 1. The van der Waals surface area contributed by atoms with Gasteiger partial charge in [0.05, 0.1) is 6.10 Å². The summed E-state index contributed by atoms with van der Waals surface area (Å²) in [7, 11) is 0. The maximum atomic E-state index is 13.0. The van der Waals surface area contributed by atoms with Crippen LogP contribution >= 0.6 is 0 Å². The standard InChI is InChI=1S/C15H22FNO/c1-5-17(9-11(2)3)10-15(18)14-7-6-13(16)8-12(14)4/h6-8,15,18H,2,5,9-10H2,1,3-4H3. The van der Waals surface area contributed by atoms with Gasteiger partial charge >= 0.3 is 0 Å². The highest BCUT2D eigenvalue weighted by molar-refractivity contribution is 5.28. The molecule has 0 bridgehead atoms. The molecule has 2 nitrogen and oxygen atoms in total. The maximum absolute atomic E-state index is 13.0. The number of rotatable bonds is 6. The van der Waals surface area contributed by atoms with E-state index in [9.17, 15) is 9.50 Å². The highest BCUT2D eigenvalue weighted by atomic mass is 19.1. The summed E-state index contributed by atoms with van der Waals surface area (Å²) in [4.78, 5) is 2.12. The number of nitrogens with zero attached hydrogens (tertiary/aromatic N) is 1. The minimum atomic E-state index is -0.593. The number of aryl methyl sites for hydroxylation is 1. The van der Waals surface area contributed by atoms with Gasteiger partial charge in [-0.15, -0.1) is 0 Å². The minimum absolute atomic E-state index is 0.266. The fourth-order valence-corrected chi connectivity index (χ4v) is 2.04. The van der Waals surface area contributed by atoms with Crippen molar-refractivity contribution in [2.24, 2.45) is 0 Å². The number of halogens is 1. The summed E-state index contributed by atoms with van der Waals surface area (Å²) in [5.74, 6) is -0.266. The van der Waals surface area contributed by atoms with Crippen LogP contribution in [0.15, 0.2) is 30.4 Å². The van der Waals surface area contributed by atoms with Crippen molar-refractivity contribution in [3.05, 3.63) is 47.3 Å². The molecular weight excluding hydrogens is 229 g/mol. The van der Waals surface area contributed by atoms with Crippen LogP contribution in [0.2, 0.25) is 0 Å². The molecular formula is C15H22FNO. The predicted octanol–water partition coefficient (Wildman–Crippen LogP) is 3.07. The van der Waals surface area contributed by atoms with E-state index in [1.807, 2.05) is 20.8 Å². The van der Waals surface area contributed by atoms with Crippen molar-refractivity contribution >= 4 is 0 Å². The zero-order chi connectivity index (χ0) is 13.7. The van der Waals surface area contributed by atoms with Crippen LogP contribution in [0, 0.1) is 12.7 Å². The second-order valence-electron chi connectivity index (χ2n) is 4.80. The Morgan fingerprint density at radius 2 is 2.17 bits per heavy atom. The van der Waals surface area contributed by atoms with Gasteiger partial charge in [0.15, 0.2) is 0 Å². The first-order valence-electron chi connectivity index (χ1n) is 6.25. The summed E-state index contributed by atoms with van der Waals surface area (Å²) in [6.45, 7) is 11.9. The molecule has 1 rings (SSSR count). The first-order chi connectivity index (χ1) is 8.43. The number of benzene rings is 1. The fourth-order valence-electron chi connectivity index (χ4n) is 2.04. The summed E-state index contributed by atoms with van der Waals surface area (Å²) >= 11 is 0. The largest absolute Gasteiger partial charge is 0.387 e. The van der Waals surface area contributed by atoms with Gasteiger partial charge in [-0.2, -0.15) is 0 Å². The number of hydrogen-bond donors (Lipinski definition) is 1. The van der Waals surface area contributed by atoms with E-state index in [1.54, 1.807) is 6.07 Å². The van der Waals surface area contributed by atoms with Crippen LogP contribution in [0.3, 0.4) is 0 Å². The van der Waals surface area contributed by atoms with E-state index in [4.69, 9.17) is 0 Å². The van der Waals surface area contributed by atoms with E-state index in [1.165, 1.54) is 12.1 Å². The van der Waals surface area contributed by atoms with Gasteiger partial charge in [0.2, 0.25) is 0 Å². The zero-order valence-corrected chi connectivity index (χ0v) is 11.4. The van der Waals surface area contributed by atoms with Crippen molar-refractivity contribution < 1.29 is 9.50 Å². The van der Waals surface area contributed by atoms with E-state index >= 15 is 0 Å². The van der Waals surface area contributed by atoms with Crippen molar-refractivity contribution in [3.63, 3.8) is 0 Å². The second-order valence-corrected chi connectivity index (χ2v) is 4.80. The Balaban J connectivity index is 2.74. The summed E-state index contributed by atoms with van der Waals surface area (Å²) in [5.41, 5.74) is 2.64. The maximum Gasteiger partial charge on any atom is 0.123 e. The quantitative estimate of drug-likeness (QED) is 0.785. The molecule has 100 valence electrons. The van der Waals surface area contributed by atoms with Crippen molar-refractivity contribution in [2.75, 3.05) is 19.6 Å². The Bertz CT molecular complexity index is 417. The zero-order valence-electron chi connectivity index (χ0n) is 11.4. The van der Waals surface area contributed by atoms with Crippen LogP contribution in [0.1, 0.15) is 31.1 Å². The Hall–Kier alpha value is -1.19. The molecule has 1 N–H and O–H groups in total.